The van der Waals surface area contributed by atoms with Gasteiger partial charge in [-0.15, -0.1) is 0 Å². The second-order valence-corrected chi connectivity index (χ2v) is 6.48. The topological polar surface area (TPSA) is 51.2 Å². The van der Waals surface area contributed by atoms with Crippen LogP contribution in [0.2, 0.25) is 0 Å². The predicted molar refractivity (Wildman–Crippen MR) is 78.9 cm³/mol. The maximum atomic E-state index is 12.6. The van der Waals surface area contributed by atoms with Crippen LogP contribution in [0.3, 0.4) is 0 Å². The maximum absolute atomic E-state index is 12.6. The minimum absolute atomic E-state index is 0.0270. The van der Waals surface area contributed by atoms with Gasteiger partial charge in [0.1, 0.15) is 17.9 Å². The van der Waals surface area contributed by atoms with Crippen molar-refractivity contribution >= 4 is 17.9 Å². The molecule has 0 spiro atoms. The normalized spacial score (nSPS) is 34.8. The van der Waals surface area contributed by atoms with Crippen molar-refractivity contribution in [1.82, 2.24) is 0 Å². The number of benzene rings is 1. The molecule has 0 aliphatic heterocycles. The molecule has 0 amide bonds. The Morgan fingerprint density at radius 3 is 2.67 bits per heavy atom. The lowest BCUT2D eigenvalue weighted by Gasteiger charge is -2.22. The Morgan fingerprint density at radius 2 is 2.00 bits per heavy atom. The van der Waals surface area contributed by atoms with Crippen molar-refractivity contribution in [2.45, 2.75) is 32.6 Å². The van der Waals surface area contributed by atoms with Gasteiger partial charge in [-0.3, -0.25) is 9.59 Å². The third-order valence-corrected chi connectivity index (χ3v) is 5.45. The van der Waals surface area contributed by atoms with Gasteiger partial charge in [0.25, 0.3) is 0 Å². The average Bonchev–Trinajstić information content (AvgIpc) is 2.78. The zero-order valence-electron chi connectivity index (χ0n) is 12.4. The van der Waals surface area contributed by atoms with Gasteiger partial charge in [-0.05, 0) is 42.7 Å². The van der Waals surface area contributed by atoms with Crippen LogP contribution in [0.15, 0.2) is 24.3 Å². The van der Waals surface area contributed by atoms with Crippen LogP contribution in [-0.2, 0) is 20.8 Å². The van der Waals surface area contributed by atoms with E-state index in [1.807, 2.05) is 12.1 Å². The Morgan fingerprint density at radius 1 is 1.29 bits per heavy atom. The smallest absolute Gasteiger partial charge is 0.146 e. The van der Waals surface area contributed by atoms with E-state index in [0.717, 1.165) is 12.7 Å². The van der Waals surface area contributed by atoms with Crippen molar-refractivity contribution in [3.8, 4) is 0 Å². The average molecular weight is 284 g/mol. The minimum Gasteiger partial charge on any atom is -0.303 e. The zero-order valence-corrected chi connectivity index (χ0v) is 12.4. The van der Waals surface area contributed by atoms with E-state index in [2.05, 4.69) is 12.1 Å². The lowest BCUT2D eigenvalue weighted by molar-refractivity contribution is -0.135. The summed E-state index contributed by atoms with van der Waals surface area (Å²) in [5, 5.41) is 0. The highest BCUT2D eigenvalue weighted by molar-refractivity contribution is 5.98. The molecule has 0 N–H and O–H groups in total. The summed E-state index contributed by atoms with van der Waals surface area (Å²) >= 11 is 0. The molecule has 5 unspecified atom stereocenters. The molecular weight excluding hydrogens is 264 g/mol. The molecule has 1 aromatic carbocycles. The van der Waals surface area contributed by atoms with Crippen molar-refractivity contribution in [3.63, 3.8) is 0 Å². The number of carbonyl (C=O) groups excluding carboxylic acids is 3. The number of hydrogen-bond donors (Lipinski definition) is 0. The van der Waals surface area contributed by atoms with E-state index in [0.29, 0.717) is 6.42 Å². The fourth-order valence-corrected chi connectivity index (χ4v) is 4.26. The highest BCUT2D eigenvalue weighted by atomic mass is 16.1. The van der Waals surface area contributed by atoms with E-state index >= 15 is 0 Å². The SMILES string of the molecule is CC(=O)C1CC2c3ccccc3CC2C(C=O)C(=O)C1C. The Hall–Kier alpha value is -1.77. The van der Waals surface area contributed by atoms with Gasteiger partial charge in [-0.1, -0.05) is 31.2 Å². The van der Waals surface area contributed by atoms with Gasteiger partial charge in [0.2, 0.25) is 0 Å². The summed E-state index contributed by atoms with van der Waals surface area (Å²) < 4.78 is 0. The van der Waals surface area contributed by atoms with E-state index in [-0.39, 0.29) is 35.2 Å². The van der Waals surface area contributed by atoms with Gasteiger partial charge in [-0.25, -0.2) is 0 Å². The molecule has 1 aromatic rings. The van der Waals surface area contributed by atoms with E-state index in [1.54, 1.807) is 13.8 Å². The van der Waals surface area contributed by atoms with Crippen LogP contribution < -0.4 is 0 Å². The number of rotatable bonds is 2. The number of carbonyl (C=O) groups is 3. The molecular formula is C18H20O3. The van der Waals surface area contributed by atoms with Crippen LogP contribution in [0, 0.1) is 23.7 Å². The van der Waals surface area contributed by atoms with Crippen LogP contribution in [0.4, 0.5) is 0 Å². The molecule has 2 aliphatic carbocycles. The number of fused-ring (bicyclic) bond motifs is 3. The van der Waals surface area contributed by atoms with Crippen molar-refractivity contribution in [1.29, 1.82) is 0 Å². The van der Waals surface area contributed by atoms with Crippen LogP contribution >= 0.6 is 0 Å². The molecule has 2 aliphatic rings. The van der Waals surface area contributed by atoms with Crippen LogP contribution in [-0.4, -0.2) is 17.9 Å². The quantitative estimate of drug-likeness (QED) is 0.619. The first-order chi connectivity index (χ1) is 10.0. The third-order valence-electron chi connectivity index (χ3n) is 5.45. The Labute approximate surface area is 124 Å². The van der Waals surface area contributed by atoms with Crippen LogP contribution in [0.5, 0.6) is 0 Å². The Bertz CT molecular complexity index is 604. The second kappa shape index (κ2) is 5.21. The van der Waals surface area contributed by atoms with Crippen molar-refractivity contribution in [2.24, 2.45) is 23.7 Å². The predicted octanol–water partition coefficient (Wildman–Crippen LogP) is 2.57. The van der Waals surface area contributed by atoms with Gasteiger partial charge in [0, 0.05) is 11.8 Å². The van der Waals surface area contributed by atoms with Crippen LogP contribution in [0.1, 0.15) is 37.3 Å². The summed E-state index contributed by atoms with van der Waals surface area (Å²) in [6, 6.07) is 8.14. The number of Topliss-reactive ketones (excluding diaryl/α,β-unsaturated/α-hetero) is 2. The molecule has 1 saturated carbocycles. The molecule has 0 saturated heterocycles. The molecule has 0 radical (unpaired) electrons. The van der Waals surface area contributed by atoms with E-state index in [4.69, 9.17) is 0 Å². The van der Waals surface area contributed by atoms with Crippen LogP contribution in [0.25, 0.3) is 0 Å². The summed E-state index contributed by atoms with van der Waals surface area (Å²) in [7, 11) is 0. The molecule has 5 atom stereocenters. The zero-order chi connectivity index (χ0) is 15.1. The largest absolute Gasteiger partial charge is 0.303 e. The number of hydrogen-bond acceptors (Lipinski definition) is 3. The lowest BCUT2D eigenvalue weighted by Crippen LogP contribution is -2.31. The molecule has 3 nitrogen and oxygen atoms in total. The first-order valence-electron chi connectivity index (χ1n) is 7.61. The summed E-state index contributed by atoms with van der Waals surface area (Å²) in [4.78, 5) is 36.1. The van der Waals surface area contributed by atoms with Gasteiger partial charge in [0.05, 0.1) is 5.92 Å². The standard InChI is InChI=1S/C18H20O3/c1-10-14(11(2)20)8-16-13-6-4-3-5-12(13)7-15(16)17(9-19)18(10)21/h3-6,9-10,14-17H,7-8H2,1-2H3. The first kappa shape index (κ1) is 14.2. The molecule has 3 rings (SSSR count). The van der Waals surface area contributed by atoms with Crippen molar-refractivity contribution in [3.05, 3.63) is 35.4 Å². The van der Waals surface area contributed by atoms with Gasteiger partial charge in [0.15, 0.2) is 0 Å². The molecule has 0 bridgehead atoms. The Kier molecular flexibility index (Phi) is 3.52. The molecule has 0 heterocycles. The van der Waals surface area contributed by atoms with Crippen molar-refractivity contribution < 1.29 is 14.4 Å². The molecule has 0 aromatic heterocycles. The fraction of sp³-hybridized carbons (Fsp3) is 0.500. The summed E-state index contributed by atoms with van der Waals surface area (Å²) in [6.45, 7) is 3.36. The van der Waals surface area contributed by atoms with Crippen molar-refractivity contribution in [2.75, 3.05) is 0 Å². The summed E-state index contributed by atoms with van der Waals surface area (Å²) in [5.74, 6) is -0.993. The number of ketones is 2. The number of aldehydes is 1. The second-order valence-electron chi connectivity index (χ2n) is 6.48. The fourth-order valence-electron chi connectivity index (χ4n) is 4.26. The first-order valence-corrected chi connectivity index (χ1v) is 7.61. The van der Waals surface area contributed by atoms with E-state index in [9.17, 15) is 14.4 Å². The van der Waals surface area contributed by atoms with E-state index in [1.165, 1.54) is 11.1 Å². The molecule has 3 heteroatoms. The van der Waals surface area contributed by atoms with E-state index < -0.39 is 5.92 Å². The maximum Gasteiger partial charge on any atom is 0.146 e. The highest BCUT2D eigenvalue weighted by Gasteiger charge is 2.47. The molecule has 1 fully saturated rings. The monoisotopic (exact) mass is 284 g/mol. The van der Waals surface area contributed by atoms with Gasteiger partial charge >= 0.3 is 0 Å². The molecule has 21 heavy (non-hydrogen) atoms. The minimum atomic E-state index is -0.568. The summed E-state index contributed by atoms with van der Waals surface area (Å²) in [5.41, 5.74) is 2.45. The third kappa shape index (κ3) is 2.15. The Balaban J connectivity index is 2.07. The molecule has 110 valence electrons. The lowest BCUT2D eigenvalue weighted by atomic mass is 9.80. The summed E-state index contributed by atoms with van der Waals surface area (Å²) in [6.07, 6.45) is 2.27. The van der Waals surface area contributed by atoms with Gasteiger partial charge < -0.3 is 4.79 Å². The van der Waals surface area contributed by atoms with Gasteiger partial charge in [-0.2, -0.15) is 0 Å². The highest BCUT2D eigenvalue weighted by Crippen LogP contribution is 2.49.